The number of hydrogen-bond donors (Lipinski definition) is 1. The van der Waals surface area contributed by atoms with Gasteiger partial charge in [0.1, 0.15) is 0 Å². The lowest BCUT2D eigenvalue weighted by Crippen LogP contribution is -2.17. The Balaban J connectivity index is 2.52. The van der Waals surface area contributed by atoms with Crippen molar-refractivity contribution in [3.63, 3.8) is 0 Å². The van der Waals surface area contributed by atoms with Crippen molar-refractivity contribution < 1.29 is 13.2 Å². The van der Waals surface area contributed by atoms with E-state index in [-0.39, 0.29) is 0 Å². The summed E-state index contributed by atoms with van der Waals surface area (Å²) in [6.45, 7) is 1.84. The lowest BCUT2D eigenvalue weighted by atomic mass is 9.98. The van der Waals surface area contributed by atoms with Crippen LogP contribution in [0.1, 0.15) is 24.0 Å². The zero-order chi connectivity index (χ0) is 14.2. The second-order valence-corrected chi connectivity index (χ2v) is 4.84. The maximum atomic E-state index is 12.8. The second-order valence-electron chi connectivity index (χ2n) is 4.84. The number of aryl methyl sites for hydroxylation is 1. The van der Waals surface area contributed by atoms with Gasteiger partial charge in [-0.15, -0.1) is 0 Å². The van der Waals surface area contributed by atoms with E-state index < -0.39 is 12.1 Å². The molecule has 19 heavy (non-hydrogen) atoms. The van der Waals surface area contributed by atoms with Crippen LogP contribution < -0.4 is 5.32 Å². The Bertz CT molecular complexity index is 584. The summed E-state index contributed by atoms with van der Waals surface area (Å²) in [6, 6.07) is 4.97. The molecule has 0 aliphatic carbocycles. The molecule has 1 heterocycles. The van der Waals surface area contributed by atoms with Crippen LogP contribution in [0.15, 0.2) is 24.4 Å². The first kappa shape index (κ1) is 13.9. The molecule has 2 rings (SSSR count). The first-order chi connectivity index (χ1) is 8.84. The number of hydrogen-bond acceptors (Lipinski definition) is 1. The molecule has 0 aliphatic rings. The topological polar surface area (TPSA) is 17.0 Å². The van der Waals surface area contributed by atoms with Crippen LogP contribution >= 0.6 is 0 Å². The van der Waals surface area contributed by atoms with Crippen LogP contribution in [0.3, 0.4) is 0 Å². The van der Waals surface area contributed by atoms with Crippen LogP contribution in [0.2, 0.25) is 0 Å². The van der Waals surface area contributed by atoms with Crippen LogP contribution in [0, 0.1) is 0 Å². The van der Waals surface area contributed by atoms with Gasteiger partial charge in [-0.2, -0.15) is 13.2 Å². The Labute approximate surface area is 110 Å². The number of fused-ring (bicyclic) bond motifs is 1. The van der Waals surface area contributed by atoms with Crippen molar-refractivity contribution in [3.8, 4) is 0 Å². The molecule has 1 aromatic heterocycles. The number of benzene rings is 1. The van der Waals surface area contributed by atoms with E-state index >= 15 is 0 Å². The van der Waals surface area contributed by atoms with E-state index in [0.29, 0.717) is 12.1 Å². The lowest BCUT2D eigenvalue weighted by molar-refractivity contribution is -0.146. The summed E-state index contributed by atoms with van der Waals surface area (Å²) in [5.74, 6) is -1.44. The highest BCUT2D eigenvalue weighted by Crippen LogP contribution is 2.36. The Morgan fingerprint density at radius 1 is 1.32 bits per heavy atom. The molecule has 1 atom stereocenters. The Kier molecular flexibility index (Phi) is 3.58. The summed E-state index contributed by atoms with van der Waals surface area (Å²) in [6.07, 6.45) is -2.26. The van der Waals surface area contributed by atoms with Gasteiger partial charge < -0.3 is 9.88 Å². The highest BCUT2D eigenvalue weighted by Gasteiger charge is 2.37. The highest BCUT2D eigenvalue weighted by atomic mass is 19.4. The van der Waals surface area contributed by atoms with E-state index in [9.17, 15) is 13.2 Å². The fourth-order valence-electron chi connectivity index (χ4n) is 2.28. The molecule has 104 valence electrons. The fraction of sp³-hybridized carbons (Fsp3) is 0.429. The third-order valence-corrected chi connectivity index (χ3v) is 3.45. The van der Waals surface area contributed by atoms with Crippen LogP contribution in [-0.2, 0) is 13.6 Å². The van der Waals surface area contributed by atoms with E-state index in [0.717, 1.165) is 16.5 Å². The van der Waals surface area contributed by atoms with Gasteiger partial charge in [-0.1, -0.05) is 6.07 Å². The van der Waals surface area contributed by atoms with Crippen molar-refractivity contribution in [2.45, 2.75) is 25.6 Å². The van der Waals surface area contributed by atoms with Gasteiger partial charge in [-0.25, -0.2) is 0 Å². The van der Waals surface area contributed by atoms with Gasteiger partial charge >= 0.3 is 6.18 Å². The van der Waals surface area contributed by atoms with Gasteiger partial charge in [-0.05, 0) is 37.2 Å². The molecular formula is C14H17F3N2. The number of alkyl halides is 3. The molecule has 2 aromatic rings. The number of rotatable bonds is 3. The van der Waals surface area contributed by atoms with Gasteiger partial charge in [0, 0.05) is 30.7 Å². The van der Waals surface area contributed by atoms with E-state index in [1.54, 1.807) is 18.2 Å². The van der Waals surface area contributed by atoms with E-state index in [1.165, 1.54) is 6.92 Å². The SMILES string of the molecule is CNCc1cn(C)c2ccc(C(C)C(F)(F)F)cc12. The van der Waals surface area contributed by atoms with Crippen LogP contribution in [0.4, 0.5) is 13.2 Å². The molecule has 5 heteroatoms. The zero-order valence-corrected chi connectivity index (χ0v) is 11.2. The van der Waals surface area contributed by atoms with E-state index in [1.807, 2.05) is 24.9 Å². The van der Waals surface area contributed by atoms with Crippen molar-refractivity contribution >= 4 is 10.9 Å². The molecular weight excluding hydrogens is 253 g/mol. The minimum absolute atomic E-state index is 0.309. The maximum Gasteiger partial charge on any atom is 0.395 e. The third-order valence-electron chi connectivity index (χ3n) is 3.45. The molecule has 0 spiro atoms. The predicted molar refractivity (Wildman–Crippen MR) is 70.2 cm³/mol. The number of nitrogens with one attached hydrogen (secondary N) is 1. The summed E-state index contributed by atoms with van der Waals surface area (Å²) < 4.78 is 40.2. The average molecular weight is 270 g/mol. The van der Waals surface area contributed by atoms with Gasteiger partial charge in [0.15, 0.2) is 0 Å². The van der Waals surface area contributed by atoms with Crippen molar-refractivity contribution in [2.24, 2.45) is 7.05 Å². The minimum atomic E-state index is -4.20. The zero-order valence-electron chi connectivity index (χ0n) is 11.2. The van der Waals surface area contributed by atoms with Crippen molar-refractivity contribution in [3.05, 3.63) is 35.5 Å². The largest absolute Gasteiger partial charge is 0.395 e. The molecule has 0 fully saturated rings. The Morgan fingerprint density at radius 3 is 2.58 bits per heavy atom. The normalized spacial score (nSPS) is 14.0. The predicted octanol–water partition coefficient (Wildman–Crippen LogP) is 3.56. The number of nitrogens with zero attached hydrogens (tertiary/aromatic N) is 1. The molecule has 0 aliphatic heterocycles. The monoisotopic (exact) mass is 270 g/mol. The first-order valence-corrected chi connectivity index (χ1v) is 6.13. The Hall–Kier alpha value is -1.49. The van der Waals surface area contributed by atoms with Gasteiger partial charge in [-0.3, -0.25) is 0 Å². The van der Waals surface area contributed by atoms with Gasteiger partial charge in [0.25, 0.3) is 0 Å². The van der Waals surface area contributed by atoms with Gasteiger partial charge in [0.2, 0.25) is 0 Å². The van der Waals surface area contributed by atoms with Crippen LogP contribution in [0.25, 0.3) is 10.9 Å². The van der Waals surface area contributed by atoms with Crippen molar-refractivity contribution in [2.75, 3.05) is 7.05 Å². The smallest absolute Gasteiger partial charge is 0.350 e. The molecule has 0 bridgehead atoms. The standard InChI is InChI=1S/C14H17F3N2/c1-9(14(15,16)17)10-4-5-13-12(6-10)11(7-18-2)8-19(13)3/h4-6,8-9,18H,7H2,1-3H3. The molecule has 1 aromatic carbocycles. The number of halogens is 3. The molecule has 1 N–H and O–H groups in total. The van der Waals surface area contributed by atoms with E-state index in [2.05, 4.69) is 5.32 Å². The number of aromatic nitrogens is 1. The first-order valence-electron chi connectivity index (χ1n) is 6.13. The summed E-state index contributed by atoms with van der Waals surface area (Å²) >= 11 is 0. The summed E-state index contributed by atoms with van der Waals surface area (Å²) in [4.78, 5) is 0. The molecule has 0 radical (unpaired) electrons. The Morgan fingerprint density at radius 2 is 2.00 bits per heavy atom. The van der Waals surface area contributed by atoms with Crippen molar-refractivity contribution in [1.82, 2.24) is 9.88 Å². The molecule has 0 amide bonds. The van der Waals surface area contributed by atoms with Crippen LogP contribution in [-0.4, -0.2) is 17.8 Å². The summed E-state index contributed by atoms with van der Waals surface area (Å²) in [7, 11) is 3.72. The fourth-order valence-corrected chi connectivity index (χ4v) is 2.28. The maximum absolute atomic E-state index is 12.8. The molecule has 0 saturated heterocycles. The van der Waals surface area contributed by atoms with Crippen LogP contribution in [0.5, 0.6) is 0 Å². The lowest BCUT2D eigenvalue weighted by Gasteiger charge is -2.16. The van der Waals surface area contributed by atoms with Crippen molar-refractivity contribution in [1.29, 1.82) is 0 Å². The third kappa shape index (κ3) is 2.61. The summed E-state index contributed by atoms with van der Waals surface area (Å²) in [5, 5.41) is 3.91. The minimum Gasteiger partial charge on any atom is -0.350 e. The second kappa shape index (κ2) is 4.89. The molecule has 2 nitrogen and oxygen atoms in total. The average Bonchev–Trinajstić information content (AvgIpc) is 2.64. The summed E-state index contributed by atoms with van der Waals surface area (Å²) in [5.41, 5.74) is 2.27. The highest BCUT2D eigenvalue weighted by molar-refractivity contribution is 5.84. The molecule has 0 saturated carbocycles. The quantitative estimate of drug-likeness (QED) is 0.902. The van der Waals surface area contributed by atoms with Gasteiger partial charge in [0.05, 0.1) is 5.92 Å². The van der Waals surface area contributed by atoms with E-state index in [4.69, 9.17) is 0 Å². The molecule has 1 unspecified atom stereocenters.